The maximum Gasteiger partial charge on any atom is 0.254 e. The van der Waals surface area contributed by atoms with E-state index in [2.05, 4.69) is 10.4 Å². The molecule has 2 atom stereocenters. The summed E-state index contributed by atoms with van der Waals surface area (Å²) >= 11 is 6.18. The minimum absolute atomic E-state index is 0.0497. The second-order valence-electron chi connectivity index (χ2n) is 4.72. The smallest absolute Gasteiger partial charge is 0.254 e. The summed E-state index contributed by atoms with van der Waals surface area (Å²) in [6.07, 6.45) is 5.09. The first-order valence-corrected chi connectivity index (χ1v) is 6.44. The quantitative estimate of drug-likeness (QED) is 0.839. The van der Waals surface area contributed by atoms with Crippen LogP contribution in [0.2, 0.25) is 0 Å². The first kappa shape index (κ1) is 12.4. The van der Waals surface area contributed by atoms with Gasteiger partial charge >= 0.3 is 0 Å². The third-order valence-corrected chi connectivity index (χ3v) is 3.92. The number of nitrogens with one attached hydrogen (secondary N) is 1. The summed E-state index contributed by atoms with van der Waals surface area (Å²) in [4.78, 5) is 11.9. The van der Waals surface area contributed by atoms with Gasteiger partial charge in [0, 0.05) is 25.2 Å². The highest BCUT2D eigenvalue weighted by Crippen LogP contribution is 2.29. The summed E-state index contributed by atoms with van der Waals surface area (Å²) in [7, 11) is 1.82. The van der Waals surface area contributed by atoms with Gasteiger partial charge in [-0.2, -0.15) is 5.10 Å². The minimum atomic E-state index is -0.0497. The van der Waals surface area contributed by atoms with Crippen molar-refractivity contribution in [3.8, 4) is 0 Å². The van der Waals surface area contributed by atoms with Gasteiger partial charge in [-0.1, -0.05) is 6.42 Å². The fraction of sp³-hybridized carbons (Fsp3) is 0.667. The molecule has 2 rings (SSSR count). The van der Waals surface area contributed by atoms with Crippen molar-refractivity contribution in [1.29, 1.82) is 0 Å². The Morgan fingerprint density at radius 1 is 1.65 bits per heavy atom. The van der Waals surface area contributed by atoms with E-state index in [1.54, 1.807) is 10.9 Å². The first-order chi connectivity index (χ1) is 8.08. The largest absolute Gasteiger partial charge is 0.352 e. The van der Waals surface area contributed by atoms with Crippen molar-refractivity contribution in [2.45, 2.75) is 31.6 Å². The summed E-state index contributed by atoms with van der Waals surface area (Å²) in [5.41, 5.74) is 1.41. The molecular formula is C12H18ClN3O. The van der Waals surface area contributed by atoms with Gasteiger partial charge in [-0.15, -0.1) is 11.6 Å². The highest BCUT2D eigenvalue weighted by atomic mass is 35.5. The van der Waals surface area contributed by atoms with Crippen LogP contribution in [0.3, 0.4) is 0 Å². The van der Waals surface area contributed by atoms with E-state index in [1.807, 2.05) is 14.0 Å². The zero-order valence-electron chi connectivity index (χ0n) is 10.2. The average Bonchev–Trinajstić information content (AvgIpc) is 2.81. The molecule has 0 bridgehead atoms. The van der Waals surface area contributed by atoms with Gasteiger partial charge in [-0.05, 0) is 25.7 Å². The molecule has 0 aromatic carbocycles. The highest BCUT2D eigenvalue weighted by molar-refractivity contribution is 6.21. The number of halogens is 1. The lowest BCUT2D eigenvalue weighted by Crippen LogP contribution is -2.31. The van der Waals surface area contributed by atoms with Crippen LogP contribution in [0.1, 0.15) is 35.3 Å². The maximum absolute atomic E-state index is 11.9. The Kier molecular flexibility index (Phi) is 3.72. The van der Waals surface area contributed by atoms with Crippen LogP contribution in [0.25, 0.3) is 0 Å². The first-order valence-electron chi connectivity index (χ1n) is 6.00. The molecule has 1 saturated carbocycles. The molecule has 1 aliphatic carbocycles. The van der Waals surface area contributed by atoms with E-state index in [1.165, 1.54) is 6.42 Å². The molecule has 94 valence electrons. The van der Waals surface area contributed by atoms with Crippen LogP contribution in [0, 0.1) is 12.8 Å². The van der Waals surface area contributed by atoms with E-state index in [9.17, 15) is 4.79 Å². The zero-order valence-corrected chi connectivity index (χ0v) is 11.0. The Balaban J connectivity index is 1.91. The standard InChI is InChI=1S/C12H18ClN3O/c1-8-10(7-16(2)15-8)12(17)14-6-9-4-3-5-11(9)13/h7,9,11H,3-6H2,1-2H3,(H,14,17). The molecule has 1 N–H and O–H groups in total. The van der Waals surface area contributed by atoms with Gasteiger partial charge in [-0.3, -0.25) is 9.48 Å². The normalized spacial score (nSPS) is 23.9. The molecule has 5 heteroatoms. The van der Waals surface area contributed by atoms with Crippen LogP contribution in [-0.4, -0.2) is 27.6 Å². The van der Waals surface area contributed by atoms with E-state index in [4.69, 9.17) is 11.6 Å². The van der Waals surface area contributed by atoms with Crippen LogP contribution >= 0.6 is 11.6 Å². The van der Waals surface area contributed by atoms with E-state index in [0.717, 1.165) is 18.5 Å². The number of carbonyl (C=O) groups excluding carboxylic acids is 1. The Labute approximate surface area is 106 Å². The number of nitrogens with zero attached hydrogens (tertiary/aromatic N) is 2. The molecule has 4 nitrogen and oxygen atoms in total. The van der Waals surface area contributed by atoms with Gasteiger partial charge in [0.15, 0.2) is 0 Å². The Morgan fingerprint density at radius 2 is 2.41 bits per heavy atom. The number of hydrogen-bond acceptors (Lipinski definition) is 2. The molecule has 1 amide bonds. The number of carbonyl (C=O) groups is 1. The number of alkyl halides is 1. The molecule has 0 spiro atoms. The molecule has 1 aromatic heterocycles. The predicted molar refractivity (Wildman–Crippen MR) is 67.3 cm³/mol. The molecule has 1 aromatic rings. The van der Waals surface area contributed by atoms with E-state index >= 15 is 0 Å². The molecule has 1 heterocycles. The summed E-state index contributed by atoms with van der Waals surface area (Å²) in [6.45, 7) is 2.51. The monoisotopic (exact) mass is 255 g/mol. The molecule has 1 fully saturated rings. The Hall–Kier alpha value is -1.03. The molecule has 2 unspecified atom stereocenters. The van der Waals surface area contributed by atoms with Crippen molar-refractivity contribution in [3.05, 3.63) is 17.5 Å². The zero-order chi connectivity index (χ0) is 12.4. The SMILES string of the molecule is Cc1nn(C)cc1C(=O)NCC1CCCC1Cl. The lowest BCUT2D eigenvalue weighted by atomic mass is 10.1. The predicted octanol–water partition coefficient (Wildman–Crippen LogP) is 1.87. The van der Waals surface area contributed by atoms with Gasteiger partial charge in [0.2, 0.25) is 0 Å². The van der Waals surface area contributed by atoms with Crippen molar-refractivity contribution in [3.63, 3.8) is 0 Å². The highest BCUT2D eigenvalue weighted by Gasteiger charge is 2.25. The van der Waals surface area contributed by atoms with Crippen molar-refractivity contribution >= 4 is 17.5 Å². The second-order valence-corrected chi connectivity index (χ2v) is 5.28. The number of rotatable bonds is 3. The van der Waals surface area contributed by atoms with Crippen LogP contribution < -0.4 is 5.32 Å². The van der Waals surface area contributed by atoms with Crippen molar-refractivity contribution in [2.24, 2.45) is 13.0 Å². The van der Waals surface area contributed by atoms with Crippen molar-refractivity contribution in [1.82, 2.24) is 15.1 Å². The Morgan fingerprint density at radius 3 is 2.94 bits per heavy atom. The average molecular weight is 256 g/mol. The van der Waals surface area contributed by atoms with Crippen LogP contribution in [-0.2, 0) is 7.05 Å². The molecule has 1 aliphatic rings. The number of hydrogen-bond donors (Lipinski definition) is 1. The fourth-order valence-corrected chi connectivity index (χ4v) is 2.73. The number of aromatic nitrogens is 2. The minimum Gasteiger partial charge on any atom is -0.352 e. The second kappa shape index (κ2) is 5.08. The van der Waals surface area contributed by atoms with Gasteiger partial charge < -0.3 is 5.32 Å². The van der Waals surface area contributed by atoms with E-state index < -0.39 is 0 Å². The third-order valence-electron chi connectivity index (χ3n) is 3.35. The molecular weight excluding hydrogens is 238 g/mol. The lowest BCUT2D eigenvalue weighted by molar-refractivity contribution is 0.0947. The van der Waals surface area contributed by atoms with Gasteiger partial charge in [0.05, 0.1) is 11.3 Å². The summed E-state index contributed by atoms with van der Waals surface area (Å²) in [5, 5.41) is 7.32. The Bertz CT molecular complexity index is 416. The van der Waals surface area contributed by atoms with Gasteiger partial charge in [-0.25, -0.2) is 0 Å². The summed E-state index contributed by atoms with van der Waals surface area (Å²) < 4.78 is 1.66. The summed E-state index contributed by atoms with van der Waals surface area (Å²) in [6, 6.07) is 0. The fourth-order valence-electron chi connectivity index (χ4n) is 2.36. The number of amides is 1. The van der Waals surface area contributed by atoms with Crippen LogP contribution in [0.5, 0.6) is 0 Å². The summed E-state index contributed by atoms with van der Waals surface area (Å²) in [5.74, 6) is 0.365. The molecule has 17 heavy (non-hydrogen) atoms. The molecule has 0 radical (unpaired) electrons. The molecule has 0 aliphatic heterocycles. The van der Waals surface area contributed by atoms with Crippen molar-refractivity contribution < 1.29 is 4.79 Å². The van der Waals surface area contributed by atoms with E-state index in [-0.39, 0.29) is 11.3 Å². The lowest BCUT2D eigenvalue weighted by Gasteiger charge is -2.14. The van der Waals surface area contributed by atoms with Crippen molar-refractivity contribution in [2.75, 3.05) is 6.54 Å². The topological polar surface area (TPSA) is 46.9 Å². The van der Waals surface area contributed by atoms with Crippen LogP contribution in [0.15, 0.2) is 6.20 Å². The van der Waals surface area contributed by atoms with Gasteiger partial charge in [0.25, 0.3) is 5.91 Å². The van der Waals surface area contributed by atoms with Gasteiger partial charge in [0.1, 0.15) is 0 Å². The maximum atomic E-state index is 11.9. The van der Waals surface area contributed by atoms with E-state index in [0.29, 0.717) is 18.0 Å². The third kappa shape index (κ3) is 2.80. The molecule has 0 saturated heterocycles. The number of aryl methyl sites for hydroxylation is 2. The van der Waals surface area contributed by atoms with Crippen LogP contribution in [0.4, 0.5) is 0 Å².